The van der Waals surface area contributed by atoms with E-state index in [9.17, 15) is 4.79 Å². The summed E-state index contributed by atoms with van der Waals surface area (Å²) in [4.78, 5) is 20.1. The van der Waals surface area contributed by atoms with Crippen molar-refractivity contribution in [3.05, 3.63) is 36.0 Å². The predicted octanol–water partition coefficient (Wildman–Crippen LogP) is 2.26. The second-order valence-corrected chi connectivity index (χ2v) is 6.05. The van der Waals surface area contributed by atoms with Crippen molar-refractivity contribution in [2.45, 2.75) is 26.3 Å². The van der Waals surface area contributed by atoms with Crippen LogP contribution in [0.1, 0.15) is 19.4 Å². The molecule has 4 heteroatoms. The van der Waals surface area contributed by atoms with E-state index in [1.54, 1.807) is 0 Å². The number of hydrogen-bond acceptors (Lipinski definition) is 2. The third kappa shape index (κ3) is 2.95. The maximum Gasteiger partial charge on any atom is 0.227 e. The summed E-state index contributed by atoms with van der Waals surface area (Å²) in [5.41, 5.74) is 2.20. The Balaban J connectivity index is 1.65. The first kappa shape index (κ1) is 14.1. The van der Waals surface area contributed by atoms with Gasteiger partial charge in [0.2, 0.25) is 5.91 Å². The van der Waals surface area contributed by atoms with Crippen LogP contribution in [0, 0.1) is 0 Å². The van der Waals surface area contributed by atoms with Crippen LogP contribution in [0.5, 0.6) is 0 Å². The maximum absolute atomic E-state index is 12.5. The van der Waals surface area contributed by atoms with Crippen molar-refractivity contribution in [1.29, 1.82) is 0 Å². The quantitative estimate of drug-likeness (QED) is 0.939. The first-order chi connectivity index (χ1) is 10.1. The minimum Gasteiger partial charge on any atom is -0.361 e. The van der Waals surface area contributed by atoms with Crippen LogP contribution in [0.4, 0.5) is 0 Å². The highest BCUT2D eigenvalue weighted by molar-refractivity contribution is 5.88. The molecule has 1 amide bonds. The Hall–Kier alpha value is -1.81. The number of nitrogens with zero attached hydrogens (tertiary/aromatic N) is 2. The summed E-state index contributed by atoms with van der Waals surface area (Å²) in [5, 5.41) is 1.16. The summed E-state index contributed by atoms with van der Waals surface area (Å²) in [6.45, 7) is 8.08. The molecule has 21 heavy (non-hydrogen) atoms. The number of fused-ring (bicyclic) bond motifs is 1. The van der Waals surface area contributed by atoms with E-state index >= 15 is 0 Å². The molecule has 1 aliphatic heterocycles. The lowest BCUT2D eigenvalue weighted by Crippen LogP contribution is -2.51. The molecule has 1 aromatic carbocycles. The van der Waals surface area contributed by atoms with E-state index in [-0.39, 0.29) is 5.91 Å². The van der Waals surface area contributed by atoms with Crippen molar-refractivity contribution < 1.29 is 4.79 Å². The number of amides is 1. The molecule has 0 spiro atoms. The number of H-pyrrole nitrogens is 1. The van der Waals surface area contributed by atoms with Crippen molar-refractivity contribution in [2.24, 2.45) is 0 Å². The zero-order valence-electron chi connectivity index (χ0n) is 12.8. The lowest BCUT2D eigenvalue weighted by molar-refractivity contribution is -0.132. The Bertz CT molecular complexity index is 624. The minimum absolute atomic E-state index is 0.239. The highest BCUT2D eigenvalue weighted by Crippen LogP contribution is 2.19. The molecule has 2 heterocycles. The number of hydrogen-bond donors (Lipinski definition) is 1. The topological polar surface area (TPSA) is 39.3 Å². The second-order valence-electron chi connectivity index (χ2n) is 6.05. The van der Waals surface area contributed by atoms with Crippen molar-refractivity contribution in [2.75, 3.05) is 26.2 Å². The van der Waals surface area contributed by atoms with Gasteiger partial charge in [-0.2, -0.15) is 0 Å². The van der Waals surface area contributed by atoms with Gasteiger partial charge in [0.25, 0.3) is 0 Å². The molecule has 1 aliphatic rings. The zero-order valence-corrected chi connectivity index (χ0v) is 12.8. The Labute approximate surface area is 125 Å². The summed E-state index contributed by atoms with van der Waals surface area (Å²) in [5.74, 6) is 0.239. The molecule has 0 radical (unpaired) electrons. The van der Waals surface area contributed by atoms with Crippen molar-refractivity contribution in [3.63, 3.8) is 0 Å². The van der Waals surface area contributed by atoms with E-state index in [4.69, 9.17) is 0 Å². The lowest BCUT2D eigenvalue weighted by Gasteiger charge is -2.37. The van der Waals surface area contributed by atoms with E-state index in [0.717, 1.165) is 42.6 Å². The molecule has 1 saturated heterocycles. The van der Waals surface area contributed by atoms with Gasteiger partial charge in [-0.3, -0.25) is 9.69 Å². The molecule has 112 valence electrons. The van der Waals surface area contributed by atoms with Crippen LogP contribution in [0.25, 0.3) is 10.9 Å². The van der Waals surface area contributed by atoms with Crippen molar-refractivity contribution in [3.8, 4) is 0 Å². The smallest absolute Gasteiger partial charge is 0.227 e. The van der Waals surface area contributed by atoms with Gasteiger partial charge in [-0.05, 0) is 25.5 Å². The fourth-order valence-corrected chi connectivity index (χ4v) is 3.04. The van der Waals surface area contributed by atoms with Gasteiger partial charge in [-0.1, -0.05) is 18.2 Å². The van der Waals surface area contributed by atoms with Crippen molar-refractivity contribution >= 4 is 16.8 Å². The summed E-state index contributed by atoms with van der Waals surface area (Å²) in [6.07, 6.45) is 2.46. The maximum atomic E-state index is 12.5. The molecular weight excluding hydrogens is 262 g/mol. The van der Waals surface area contributed by atoms with Crippen LogP contribution in [-0.2, 0) is 11.2 Å². The van der Waals surface area contributed by atoms with Crippen LogP contribution in [-0.4, -0.2) is 52.9 Å². The number of carbonyl (C=O) groups excluding carboxylic acids is 1. The van der Waals surface area contributed by atoms with Gasteiger partial charge in [0.1, 0.15) is 0 Å². The van der Waals surface area contributed by atoms with Crippen LogP contribution in [0.2, 0.25) is 0 Å². The average Bonchev–Trinajstić information content (AvgIpc) is 2.91. The average molecular weight is 285 g/mol. The number of aromatic nitrogens is 1. The van der Waals surface area contributed by atoms with E-state index < -0.39 is 0 Å². The van der Waals surface area contributed by atoms with Gasteiger partial charge >= 0.3 is 0 Å². The molecule has 0 atom stereocenters. The van der Waals surface area contributed by atoms with E-state index in [1.807, 2.05) is 29.3 Å². The predicted molar refractivity (Wildman–Crippen MR) is 85.3 cm³/mol. The van der Waals surface area contributed by atoms with E-state index in [0.29, 0.717) is 12.5 Å². The first-order valence-electron chi connectivity index (χ1n) is 7.72. The Morgan fingerprint density at radius 1 is 1.19 bits per heavy atom. The number of rotatable bonds is 3. The van der Waals surface area contributed by atoms with Gasteiger partial charge in [-0.15, -0.1) is 0 Å². The van der Waals surface area contributed by atoms with Gasteiger partial charge in [0, 0.05) is 49.3 Å². The lowest BCUT2D eigenvalue weighted by atomic mass is 10.1. The zero-order chi connectivity index (χ0) is 14.8. The third-order valence-electron chi connectivity index (χ3n) is 4.41. The SMILES string of the molecule is CC(C)N1CCN(C(=O)Cc2c[nH]c3ccccc23)CC1. The number of para-hydroxylation sites is 1. The third-order valence-corrected chi connectivity index (χ3v) is 4.41. The van der Waals surface area contributed by atoms with E-state index in [2.05, 4.69) is 29.8 Å². The minimum atomic E-state index is 0.239. The first-order valence-corrected chi connectivity index (χ1v) is 7.72. The molecular formula is C17H23N3O. The second kappa shape index (κ2) is 5.90. The number of benzene rings is 1. The van der Waals surface area contributed by atoms with E-state index in [1.165, 1.54) is 0 Å². The van der Waals surface area contributed by atoms with Gasteiger partial charge in [0.15, 0.2) is 0 Å². The summed E-state index contributed by atoms with van der Waals surface area (Å²) >= 11 is 0. The standard InChI is InChI=1S/C17H23N3O/c1-13(2)19-7-9-20(10-8-19)17(21)11-14-12-18-16-6-4-3-5-15(14)16/h3-6,12-13,18H,7-11H2,1-2H3. The van der Waals surface area contributed by atoms with Crippen LogP contribution >= 0.6 is 0 Å². The fourth-order valence-electron chi connectivity index (χ4n) is 3.04. The largest absolute Gasteiger partial charge is 0.361 e. The molecule has 1 fully saturated rings. The Morgan fingerprint density at radius 2 is 1.90 bits per heavy atom. The monoisotopic (exact) mass is 285 g/mol. The number of aromatic amines is 1. The fraction of sp³-hybridized carbons (Fsp3) is 0.471. The van der Waals surface area contributed by atoms with Gasteiger partial charge < -0.3 is 9.88 Å². The summed E-state index contributed by atoms with van der Waals surface area (Å²) in [6, 6.07) is 8.72. The Morgan fingerprint density at radius 3 is 2.62 bits per heavy atom. The molecule has 0 aliphatic carbocycles. The molecule has 2 aromatic rings. The molecule has 0 saturated carbocycles. The normalized spacial score (nSPS) is 16.8. The highest BCUT2D eigenvalue weighted by atomic mass is 16.2. The highest BCUT2D eigenvalue weighted by Gasteiger charge is 2.22. The van der Waals surface area contributed by atoms with Crippen LogP contribution in [0.3, 0.4) is 0 Å². The van der Waals surface area contributed by atoms with Gasteiger partial charge in [0.05, 0.1) is 6.42 Å². The number of carbonyl (C=O) groups is 1. The molecule has 0 bridgehead atoms. The molecule has 1 N–H and O–H groups in total. The molecule has 3 rings (SSSR count). The molecule has 0 unspecified atom stereocenters. The number of piperazine rings is 1. The molecule has 1 aromatic heterocycles. The van der Waals surface area contributed by atoms with Crippen LogP contribution in [0.15, 0.2) is 30.5 Å². The number of nitrogens with one attached hydrogen (secondary N) is 1. The van der Waals surface area contributed by atoms with Crippen molar-refractivity contribution in [1.82, 2.24) is 14.8 Å². The summed E-state index contributed by atoms with van der Waals surface area (Å²) in [7, 11) is 0. The molecule has 4 nitrogen and oxygen atoms in total. The van der Waals surface area contributed by atoms with Gasteiger partial charge in [-0.25, -0.2) is 0 Å². The Kier molecular flexibility index (Phi) is 3.97. The summed E-state index contributed by atoms with van der Waals surface area (Å²) < 4.78 is 0. The van der Waals surface area contributed by atoms with Crippen LogP contribution < -0.4 is 0 Å².